The Morgan fingerprint density at radius 3 is 2.83 bits per heavy atom. The molecule has 0 radical (unpaired) electrons. The second-order valence-corrected chi connectivity index (χ2v) is 5.58. The summed E-state index contributed by atoms with van der Waals surface area (Å²) in [5.74, 6) is -0.685. The SMILES string of the molecule is O=C(Cn1c(=O)oc2ccccc21)NCCCN1CCOCC1. The van der Waals surface area contributed by atoms with E-state index in [0.29, 0.717) is 17.6 Å². The molecule has 0 saturated carbocycles. The average molecular weight is 319 g/mol. The van der Waals surface area contributed by atoms with Crippen LogP contribution in [0.4, 0.5) is 0 Å². The van der Waals surface area contributed by atoms with Gasteiger partial charge in [0.2, 0.25) is 5.91 Å². The number of carbonyl (C=O) groups is 1. The molecule has 1 N–H and O–H groups in total. The highest BCUT2D eigenvalue weighted by molar-refractivity contribution is 5.79. The van der Waals surface area contributed by atoms with Gasteiger partial charge in [-0.25, -0.2) is 4.79 Å². The number of fused-ring (bicyclic) bond motifs is 1. The van der Waals surface area contributed by atoms with E-state index in [9.17, 15) is 9.59 Å². The number of benzene rings is 1. The van der Waals surface area contributed by atoms with E-state index >= 15 is 0 Å². The number of carbonyl (C=O) groups excluding carboxylic acids is 1. The van der Waals surface area contributed by atoms with Crippen LogP contribution in [0, 0.1) is 0 Å². The molecule has 0 spiro atoms. The number of rotatable bonds is 6. The van der Waals surface area contributed by atoms with Crippen molar-refractivity contribution >= 4 is 17.0 Å². The molecule has 7 heteroatoms. The Morgan fingerprint density at radius 2 is 2.00 bits per heavy atom. The summed E-state index contributed by atoms with van der Waals surface area (Å²) in [4.78, 5) is 26.1. The zero-order valence-corrected chi connectivity index (χ0v) is 13.0. The number of oxazole rings is 1. The molecule has 0 atom stereocenters. The average Bonchev–Trinajstić information content (AvgIpc) is 2.88. The van der Waals surface area contributed by atoms with Gasteiger partial charge in [-0.05, 0) is 25.1 Å². The Morgan fingerprint density at radius 1 is 1.22 bits per heavy atom. The maximum absolute atomic E-state index is 12.0. The van der Waals surface area contributed by atoms with Crippen LogP contribution in [-0.4, -0.2) is 54.8 Å². The zero-order valence-electron chi connectivity index (χ0n) is 13.0. The Balaban J connectivity index is 1.47. The number of nitrogens with zero attached hydrogens (tertiary/aromatic N) is 2. The third kappa shape index (κ3) is 4.00. The van der Waals surface area contributed by atoms with Gasteiger partial charge in [0, 0.05) is 19.6 Å². The molecule has 1 fully saturated rings. The summed E-state index contributed by atoms with van der Waals surface area (Å²) in [6, 6.07) is 7.09. The zero-order chi connectivity index (χ0) is 16.1. The predicted molar refractivity (Wildman–Crippen MR) is 85.4 cm³/mol. The fourth-order valence-electron chi connectivity index (χ4n) is 2.72. The highest BCUT2D eigenvalue weighted by Gasteiger charge is 2.12. The molecule has 1 aliphatic rings. The van der Waals surface area contributed by atoms with Gasteiger partial charge >= 0.3 is 5.76 Å². The van der Waals surface area contributed by atoms with Crippen LogP contribution in [0.15, 0.2) is 33.5 Å². The summed E-state index contributed by atoms with van der Waals surface area (Å²) in [7, 11) is 0. The van der Waals surface area contributed by atoms with E-state index in [1.165, 1.54) is 4.57 Å². The Labute approximate surface area is 133 Å². The van der Waals surface area contributed by atoms with Gasteiger partial charge in [-0.15, -0.1) is 0 Å². The van der Waals surface area contributed by atoms with Crippen molar-refractivity contribution in [3.63, 3.8) is 0 Å². The van der Waals surface area contributed by atoms with E-state index in [-0.39, 0.29) is 12.5 Å². The van der Waals surface area contributed by atoms with Crippen molar-refractivity contribution in [3.8, 4) is 0 Å². The summed E-state index contributed by atoms with van der Waals surface area (Å²) in [6.07, 6.45) is 0.882. The van der Waals surface area contributed by atoms with Crippen molar-refractivity contribution in [3.05, 3.63) is 34.8 Å². The molecule has 0 unspecified atom stereocenters. The van der Waals surface area contributed by atoms with Crippen LogP contribution >= 0.6 is 0 Å². The van der Waals surface area contributed by atoms with E-state index in [4.69, 9.17) is 9.15 Å². The molecule has 1 aromatic heterocycles. The minimum atomic E-state index is -0.505. The van der Waals surface area contributed by atoms with E-state index < -0.39 is 5.76 Å². The lowest BCUT2D eigenvalue weighted by molar-refractivity contribution is -0.121. The molecule has 3 rings (SSSR count). The maximum atomic E-state index is 12.0. The van der Waals surface area contributed by atoms with E-state index in [1.807, 2.05) is 6.07 Å². The fourth-order valence-corrected chi connectivity index (χ4v) is 2.72. The van der Waals surface area contributed by atoms with E-state index in [1.54, 1.807) is 18.2 Å². The van der Waals surface area contributed by atoms with Crippen molar-refractivity contribution < 1.29 is 13.9 Å². The molecule has 1 aromatic carbocycles. The molecule has 2 aromatic rings. The number of morpholine rings is 1. The first-order valence-electron chi connectivity index (χ1n) is 7.89. The summed E-state index contributed by atoms with van der Waals surface area (Å²) < 4.78 is 11.8. The van der Waals surface area contributed by atoms with Crippen LogP contribution < -0.4 is 11.1 Å². The van der Waals surface area contributed by atoms with Gasteiger partial charge in [0.1, 0.15) is 6.54 Å². The van der Waals surface area contributed by atoms with Crippen LogP contribution in [0.5, 0.6) is 0 Å². The summed E-state index contributed by atoms with van der Waals surface area (Å²) >= 11 is 0. The van der Waals surface area contributed by atoms with Gasteiger partial charge < -0.3 is 14.5 Å². The minimum absolute atomic E-state index is 0.0204. The summed E-state index contributed by atoms with van der Waals surface area (Å²) in [6.45, 7) is 4.98. The Bertz CT molecular complexity index is 715. The van der Waals surface area contributed by atoms with Crippen LogP contribution in [0.1, 0.15) is 6.42 Å². The smallest absolute Gasteiger partial charge is 0.408 e. The van der Waals surface area contributed by atoms with Crippen LogP contribution in [0.3, 0.4) is 0 Å². The number of hydrogen-bond acceptors (Lipinski definition) is 5. The minimum Gasteiger partial charge on any atom is -0.408 e. The second kappa shape index (κ2) is 7.43. The Hall–Kier alpha value is -2.12. The van der Waals surface area contributed by atoms with Gasteiger partial charge in [0.05, 0.1) is 18.7 Å². The lowest BCUT2D eigenvalue weighted by Crippen LogP contribution is -2.38. The fraction of sp³-hybridized carbons (Fsp3) is 0.500. The molecule has 1 saturated heterocycles. The number of para-hydroxylation sites is 2. The standard InChI is InChI=1S/C16H21N3O4/c20-15(17-6-3-7-18-8-10-22-11-9-18)12-19-13-4-1-2-5-14(13)23-16(19)21/h1-2,4-5H,3,6-12H2,(H,17,20). The van der Waals surface area contributed by atoms with Crippen molar-refractivity contribution in [1.82, 2.24) is 14.8 Å². The largest absolute Gasteiger partial charge is 0.420 e. The van der Waals surface area contributed by atoms with Crippen molar-refractivity contribution in [2.24, 2.45) is 0 Å². The number of aromatic nitrogens is 1. The monoisotopic (exact) mass is 319 g/mol. The lowest BCUT2D eigenvalue weighted by Gasteiger charge is -2.26. The van der Waals surface area contributed by atoms with Crippen LogP contribution in [0.25, 0.3) is 11.1 Å². The molecule has 0 bridgehead atoms. The quantitative estimate of drug-likeness (QED) is 0.782. The predicted octanol–water partition coefficient (Wildman–Crippen LogP) is 0.433. The third-order valence-electron chi connectivity index (χ3n) is 3.95. The van der Waals surface area contributed by atoms with Crippen molar-refractivity contribution in [1.29, 1.82) is 0 Å². The van der Waals surface area contributed by atoms with Crippen LogP contribution in [0.2, 0.25) is 0 Å². The summed E-state index contributed by atoms with van der Waals surface area (Å²) in [5, 5.41) is 2.85. The molecule has 23 heavy (non-hydrogen) atoms. The number of amides is 1. The Kier molecular flexibility index (Phi) is 5.09. The molecule has 1 aliphatic heterocycles. The molecular weight excluding hydrogens is 298 g/mol. The van der Waals surface area contributed by atoms with Crippen LogP contribution in [-0.2, 0) is 16.1 Å². The molecule has 1 amide bonds. The molecule has 2 heterocycles. The van der Waals surface area contributed by atoms with Gasteiger partial charge in [0.25, 0.3) is 0 Å². The summed E-state index contributed by atoms with van der Waals surface area (Å²) in [5.41, 5.74) is 1.14. The van der Waals surface area contributed by atoms with E-state index in [2.05, 4.69) is 10.2 Å². The normalized spacial score (nSPS) is 15.8. The number of ether oxygens (including phenoxy) is 1. The highest BCUT2D eigenvalue weighted by Crippen LogP contribution is 2.11. The van der Waals surface area contributed by atoms with Gasteiger partial charge in [0.15, 0.2) is 5.58 Å². The topological polar surface area (TPSA) is 76.7 Å². The van der Waals surface area contributed by atoms with Gasteiger partial charge in [-0.2, -0.15) is 0 Å². The maximum Gasteiger partial charge on any atom is 0.420 e. The molecule has 124 valence electrons. The van der Waals surface area contributed by atoms with E-state index in [0.717, 1.165) is 39.3 Å². The first-order valence-corrected chi connectivity index (χ1v) is 7.89. The number of nitrogens with one attached hydrogen (secondary N) is 1. The second-order valence-electron chi connectivity index (χ2n) is 5.58. The molecular formula is C16H21N3O4. The van der Waals surface area contributed by atoms with Crippen molar-refractivity contribution in [2.45, 2.75) is 13.0 Å². The number of hydrogen-bond donors (Lipinski definition) is 1. The van der Waals surface area contributed by atoms with Crippen molar-refractivity contribution in [2.75, 3.05) is 39.4 Å². The molecule has 7 nitrogen and oxygen atoms in total. The lowest BCUT2D eigenvalue weighted by atomic mass is 10.3. The third-order valence-corrected chi connectivity index (χ3v) is 3.95. The molecule has 0 aliphatic carbocycles. The van der Waals surface area contributed by atoms with Gasteiger partial charge in [-0.1, -0.05) is 12.1 Å². The highest BCUT2D eigenvalue weighted by atomic mass is 16.5. The first-order chi connectivity index (χ1) is 11.2. The first kappa shape index (κ1) is 15.8. The van der Waals surface area contributed by atoms with Gasteiger partial charge in [-0.3, -0.25) is 14.3 Å².